The molecular weight excluding hydrogens is 406 g/mol. The molecule has 0 radical (unpaired) electrons. The minimum absolute atomic E-state index is 0.240. The summed E-state index contributed by atoms with van der Waals surface area (Å²) in [6, 6.07) is 12.6. The summed E-state index contributed by atoms with van der Waals surface area (Å²) in [5.41, 5.74) is 1.37. The minimum atomic E-state index is -0.240. The van der Waals surface area contributed by atoms with Gasteiger partial charge in [-0.05, 0) is 36.4 Å². The van der Waals surface area contributed by atoms with E-state index in [0.717, 1.165) is 10.0 Å². The van der Waals surface area contributed by atoms with Crippen molar-refractivity contribution >= 4 is 38.3 Å². The number of rotatable bonds is 5. The first-order chi connectivity index (χ1) is 12.1. The predicted octanol–water partition coefficient (Wildman–Crippen LogP) is 4.24. The van der Waals surface area contributed by atoms with E-state index >= 15 is 0 Å². The molecule has 6 nitrogen and oxygen atoms in total. The maximum Gasteiger partial charge on any atom is 0.257 e. The van der Waals surface area contributed by atoms with Crippen LogP contribution in [-0.2, 0) is 0 Å². The van der Waals surface area contributed by atoms with E-state index in [9.17, 15) is 4.79 Å². The Morgan fingerprint density at radius 2 is 1.88 bits per heavy atom. The minimum Gasteiger partial charge on any atom is -0.493 e. The number of anilines is 1. The fourth-order valence-corrected chi connectivity index (χ4v) is 3.29. The molecular formula is C17H14BrN3O3S. The van der Waals surface area contributed by atoms with Gasteiger partial charge in [0.2, 0.25) is 5.13 Å². The van der Waals surface area contributed by atoms with Gasteiger partial charge in [0, 0.05) is 15.6 Å². The third-order valence-corrected chi connectivity index (χ3v) is 4.74. The molecule has 0 bridgehead atoms. The molecule has 3 aromatic rings. The molecule has 1 heterocycles. The topological polar surface area (TPSA) is 73.3 Å². The number of halogens is 1. The number of amides is 1. The monoisotopic (exact) mass is 419 g/mol. The highest BCUT2D eigenvalue weighted by Gasteiger charge is 2.13. The van der Waals surface area contributed by atoms with Gasteiger partial charge in [0.25, 0.3) is 5.91 Å². The van der Waals surface area contributed by atoms with E-state index in [2.05, 4.69) is 31.4 Å². The molecule has 8 heteroatoms. The van der Waals surface area contributed by atoms with Crippen molar-refractivity contribution in [2.75, 3.05) is 19.5 Å². The summed E-state index contributed by atoms with van der Waals surface area (Å²) in [5, 5.41) is 12.0. The number of hydrogen-bond acceptors (Lipinski definition) is 6. The third kappa shape index (κ3) is 3.97. The van der Waals surface area contributed by atoms with E-state index < -0.39 is 0 Å². The fourth-order valence-electron chi connectivity index (χ4n) is 2.16. The summed E-state index contributed by atoms with van der Waals surface area (Å²) in [6.45, 7) is 0. The van der Waals surface area contributed by atoms with Crippen LogP contribution in [0.2, 0.25) is 0 Å². The molecule has 0 atom stereocenters. The molecule has 0 spiro atoms. The summed E-state index contributed by atoms with van der Waals surface area (Å²) >= 11 is 4.63. The molecule has 0 saturated carbocycles. The largest absolute Gasteiger partial charge is 0.493 e. The molecule has 128 valence electrons. The molecule has 0 saturated heterocycles. The van der Waals surface area contributed by atoms with Crippen LogP contribution in [0.1, 0.15) is 10.4 Å². The van der Waals surface area contributed by atoms with Crippen LogP contribution in [-0.4, -0.2) is 30.3 Å². The Kier molecular flexibility index (Phi) is 5.30. The maximum absolute atomic E-state index is 12.3. The van der Waals surface area contributed by atoms with Gasteiger partial charge in [-0.25, -0.2) is 0 Å². The van der Waals surface area contributed by atoms with Gasteiger partial charge in [-0.2, -0.15) is 0 Å². The van der Waals surface area contributed by atoms with Crippen molar-refractivity contribution in [2.24, 2.45) is 0 Å². The highest BCUT2D eigenvalue weighted by molar-refractivity contribution is 9.10. The quantitative estimate of drug-likeness (QED) is 0.669. The van der Waals surface area contributed by atoms with Crippen LogP contribution in [0.4, 0.5) is 5.13 Å². The number of carbonyl (C=O) groups is 1. The summed E-state index contributed by atoms with van der Waals surface area (Å²) < 4.78 is 11.4. The number of hydrogen-bond donors (Lipinski definition) is 1. The van der Waals surface area contributed by atoms with Gasteiger partial charge in [-0.1, -0.05) is 33.3 Å². The summed E-state index contributed by atoms with van der Waals surface area (Å²) in [7, 11) is 3.16. The SMILES string of the molecule is COc1ccc(-c2nnc(NC(=O)c3cccc(Br)c3)s2)cc1OC. The summed E-state index contributed by atoms with van der Waals surface area (Å²) in [6.07, 6.45) is 0. The second-order valence-electron chi connectivity index (χ2n) is 4.95. The van der Waals surface area contributed by atoms with E-state index in [1.54, 1.807) is 38.5 Å². The maximum atomic E-state index is 12.3. The van der Waals surface area contributed by atoms with E-state index in [-0.39, 0.29) is 5.91 Å². The number of aromatic nitrogens is 2. The van der Waals surface area contributed by atoms with Crippen LogP contribution in [0, 0.1) is 0 Å². The Labute approximate surface area is 156 Å². The Balaban J connectivity index is 1.79. The van der Waals surface area contributed by atoms with Gasteiger partial charge in [0.1, 0.15) is 5.01 Å². The Morgan fingerprint density at radius 1 is 1.08 bits per heavy atom. The lowest BCUT2D eigenvalue weighted by atomic mass is 10.2. The van der Waals surface area contributed by atoms with Crippen LogP contribution in [0.3, 0.4) is 0 Å². The van der Waals surface area contributed by atoms with Gasteiger partial charge in [0.15, 0.2) is 11.5 Å². The number of carbonyl (C=O) groups excluding carboxylic acids is 1. The number of nitrogens with one attached hydrogen (secondary N) is 1. The van der Waals surface area contributed by atoms with E-state index in [0.29, 0.717) is 27.2 Å². The van der Waals surface area contributed by atoms with Crippen molar-refractivity contribution < 1.29 is 14.3 Å². The van der Waals surface area contributed by atoms with Gasteiger partial charge in [0.05, 0.1) is 14.2 Å². The van der Waals surface area contributed by atoms with Crippen LogP contribution < -0.4 is 14.8 Å². The van der Waals surface area contributed by atoms with Gasteiger partial charge in [-0.15, -0.1) is 10.2 Å². The van der Waals surface area contributed by atoms with Gasteiger partial charge < -0.3 is 9.47 Å². The predicted molar refractivity (Wildman–Crippen MR) is 101 cm³/mol. The lowest BCUT2D eigenvalue weighted by Crippen LogP contribution is -2.11. The first-order valence-electron chi connectivity index (χ1n) is 7.23. The van der Waals surface area contributed by atoms with Crippen LogP contribution in [0.25, 0.3) is 10.6 Å². The number of methoxy groups -OCH3 is 2. The molecule has 3 rings (SSSR count). The van der Waals surface area contributed by atoms with Crippen molar-refractivity contribution in [1.29, 1.82) is 0 Å². The zero-order chi connectivity index (χ0) is 17.8. The highest BCUT2D eigenvalue weighted by atomic mass is 79.9. The van der Waals surface area contributed by atoms with E-state index in [1.165, 1.54) is 11.3 Å². The summed E-state index contributed by atoms with van der Waals surface area (Å²) in [5.74, 6) is 1.00. The molecule has 1 amide bonds. The lowest BCUT2D eigenvalue weighted by molar-refractivity contribution is 0.102. The van der Waals surface area contributed by atoms with Crippen LogP contribution in [0.5, 0.6) is 11.5 Å². The zero-order valence-corrected chi connectivity index (χ0v) is 15.8. The number of benzene rings is 2. The third-order valence-electron chi connectivity index (χ3n) is 3.36. The van der Waals surface area contributed by atoms with Crippen molar-refractivity contribution in [3.63, 3.8) is 0 Å². The Bertz CT molecular complexity index is 914. The van der Waals surface area contributed by atoms with Crippen molar-refractivity contribution in [3.05, 3.63) is 52.5 Å². The van der Waals surface area contributed by atoms with Gasteiger partial charge >= 0.3 is 0 Å². The molecule has 0 aliphatic carbocycles. The van der Waals surface area contributed by atoms with Crippen LogP contribution in [0.15, 0.2) is 46.9 Å². The fraction of sp³-hybridized carbons (Fsp3) is 0.118. The average molecular weight is 420 g/mol. The molecule has 0 fully saturated rings. The zero-order valence-electron chi connectivity index (χ0n) is 13.4. The molecule has 1 N–H and O–H groups in total. The smallest absolute Gasteiger partial charge is 0.257 e. The number of ether oxygens (including phenoxy) is 2. The molecule has 0 unspecified atom stereocenters. The molecule has 2 aromatic carbocycles. The second-order valence-corrected chi connectivity index (χ2v) is 6.84. The van der Waals surface area contributed by atoms with E-state index in [4.69, 9.17) is 9.47 Å². The molecule has 0 aliphatic rings. The Morgan fingerprint density at radius 3 is 2.60 bits per heavy atom. The molecule has 25 heavy (non-hydrogen) atoms. The Hall–Kier alpha value is -2.45. The molecule has 1 aromatic heterocycles. The second kappa shape index (κ2) is 7.62. The van der Waals surface area contributed by atoms with Crippen molar-refractivity contribution in [1.82, 2.24) is 10.2 Å². The normalized spacial score (nSPS) is 10.4. The van der Waals surface area contributed by atoms with Crippen molar-refractivity contribution in [3.8, 4) is 22.1 Å². The first kappa shape index (κ1) is 17.4. The van der Waals surface area contributed by atoms with Crippen LogP contribution >= 0.6 is 27.3 Å². The summed E-state index contributed by atoms with van der Waals surface area (Å²) in [4.78, 5) is 12.3. The molecule has 0 aliphatic heterocycles. The van der Waals surface area contributed by atoms with E-state index in [1.807, 2.05) is 18.2 Å². The lowest BCUT2D eigenvalue weighted by Gasteiger charge is -2.07. The van der Waals surface area contributed by atoms with Crippen molar-refractivity contribution in [2.45, 2.75) is 0 Å². The first-order valence-corrected chi connectivity index (χ1v) is 8.84. The average Bonchev–Trinajstić information content (AvgIpc) is 3.09. The number of nitrogens with zero attached hydrogens (tertiary/aromatic N) is 2. The highest BCUT2D eigenvalue weighted by Crippen LogP contribution is 2.34. The standard InChI is InChI=1S/C17H14BrN3O3S/c1-23-13-7-6-11(9-14(13)24-2)16-20-21-17(25-16)19-15(22)10-4-3-5-12(18)8-10/h3-9H,1-2H3,(H,19,21,22). The van der Waals surface area contributed by atoms with Gasteiger partial charge in [-0.3, -0.25) is 10.1 Å².